The molecule has 1 aliphatic rings. The first-order valence-electron chi connectivity index (χ1n) is 6.08. The Kier molecular flexibility index (Phi) is 3.91. The topological polar surface area (TPSA) is 41.1 Å². The summed E-state index contributed by atoms with van der Waals surface area (Å²) < 4.78 is 26.1. The van der Waals surface area contributed by atoms with Crippen molar-refractivity contribution in [3.8, 4) is 0 Å². The molecule has 1 amide bonds. The van der Waals surface area contributed by atoms with Gasteiger partial charge >= 0.3 is 0 Å². The van der Waals surface area contributed by atoms with Crippen molar-refractivity contribution in [2.75, 3.05) is 5.32 Å². The molecule has 2 rings (SSSR count). The van der Waals surface area contributed by atoms with E-state index in [1.807, 2.05) is 6.92 Å². The molecule has 0 aliphatic carbocycles. The predicted octanol–water partition coefficient (Wildman–Crippen LogP) is 2.43. The summed E-state index contributed by atoms with van der Waals surface area (Å²) in [4.78, 5) is 11.9. The second-order valence-electron chi connectivity index (χ2n) is 4.66. The van der Waals surface area contributed by atoms with Gasteiger partial charge in [-0.1, -0.05) is 0 Å². The van der Waals surface area contributed by atoms with Gasteiger partial charge in [0.15, 0.2) is 0 Å². The fourth-order valence-electron chi connectivity index (χ4n) is 2.16. The average molecular weight is 254 g/mol. The number of carbonyl (C=O) groups is 1. The van der Waals surface area contributed by atoms with Crippen LogP contribution in [-0.2, 0) is 4.79 Å². The van der Waals surface area contributed by atoms with E-state index >= 15 is 0 Å². The normalized spacial score (nSPS) is 23.7. The Hall–Kier alpha value is -1.49. The Labute approximate surface area is 105 Å². The molecule has 2 atom stereocenters. The lowest BCUT2D eigenvalue weighted by molar-refractivity contribution is -0.118. The lowest BCUT2D eigenvalue weighted by atomic mass is 9.99. The van der Waals surface area contributed by atoms with Crippen molar-refractivity contribution in [1.29, 1.82) is 0 Å². The molecule has 1 aromatic rings. The van der Waals surface area contributed by atoms with Gasteiger partial charge in [0.1, 0.15) is 11.6 Å². The van der Waals surface area contributed by atoms with Gasteiger partial charge in [0.2, 0.25) is 5.91 Å². The molecule has 1 aromatic carbocycles. The maximum absolute atomic E-state index is 13.4. The van der Waals surface area contributed by atoms with Crippen molar-refractivity contribution in [2.24, 2.45) is 0 Å². The van der Waals surface area contributed by atoms with Gasteiger partial charge in [0, 0.05) is 12.1 Å². The van der Waals surface area contributed by atoms with Crippen molar-refractivity contribution < 1.29 is 13.6 Å². The van der Waals surface area contributed by atoms with Crippen LogP contribution in [-0.4, -0.2) is 18.0 Å². The maximum atomic E-state index is 13.4. The van der Waals surface area contributed by atoms with E-state index in [1.165, 1.54) is 6.07 Å². The van der Waals surface area contributed by atoms with Crippen LogP contribution < -0.4 is 10.6 Å². The summed E-state index contributed by atoms with van der Waals surface area (Å²) in [5.41, 5.74) is 0.0152. The second-order valence-corrected chi connectivity index (χ2v) is 4.66. The Balaban J connectivity index is 2.02. The van der Waals surface area contributed by atoms with Crippen LogP contribution in [0.3, 0.4) is 0 Å². The lowest BCUT2D eigenvalue weighted by Gasteiger charge is -2.27. The summed E-state index contributed by atoms with van der Waals surface area (Å²) >= 11 is 0. The van der Waals surface area contributed by atoms with Crippen LogP contribution in [0, 0.1) is 11.6 Å². The first-order valence-corrected chi connectivity index (χ1v) is 6.08. The molecule has 18 heavy (non-hydrogen) atoms. The number of benzene rings is 1. The van der Waals surface area contributed by atoms with Crippen LogP contribution in [0.5, 0.6) is 0 Å². The Morgan fingerprint density at radius 3 is 2.83 bits per heavy atom. The molecule has 0 aromatic heterocycles. The minimum absolute atomic E-state index is 0.0152. The van der Waals surface area contributed by atoms with E-state index in [1.54, 1.807) is 0 Å². The minimum Gasteiger partial charge on any atom is -0.322 e. The Bertz CT molecular complexity index is 451. The zero-order chi connectivity index (χ0) is 13.1. The van der Waals surface area contributed by atoms with E-state index in [0.29, 0.717) is 0 Å². The summed E-state index contributed by atoms with van der Waals surface area (Å²) in [6, 6.07) is 3.09. The molecule has 0 saturated carbocycles. The first kappa shape index (κ1) is 13.0. The molecule has 0 spiro atoms. The number of rotatable bonds is 2. The summed E-state index contributed by atoms with van der Waals surface area (Å²) in [6.07, 6.45) is 2.74. The van der Waals surface area contributed by atoms with E-state index in [-0.39, 0.29) is 23.7 Å². The molecular formula is C13H16F2N2O. The third-order valence-corrected chi connectivity index (χ3v) is 3.12. The molecule has 5 heteroatoms. The van der Waals surface area contributed by atoms with E-state index in [2.05, 4.69) is 10.6 Å². The quantitative estimate of drug-likeness (QED) is 0.851. The van der Waals surface area contributed by atoms with Gasteiger partial charge in [-0.25, -0.2) is 8.78 Å². The van der Waals surface area contributed by atoms with E-state index in [9.17, 15) is 13.6 Å². The largest absolute Gasteiger partial charge is 0.322 e. The average Bonchev–Trinajstić information content (AvgIpc) is 2.32. The number of hydrogen-bond acceptors (Lipinski definition) is 2. The van der Waals surface area contributed by atoms with Crippen LogP contribution in [0.2, 0.25) is 0 Å². The number of nitrogens with one attached hydrogen (secondary N) is 2. The highest BCUT2D eigenvalue weighted by atomic mass is 19.1. The molecule has 0 bridgehead atoms. The van der Waals surface area contributed by atoms with Crippen LogP contribution >= 0.6 is 0 Å². The molecule has 1 fully saturated rings. The zero-order valence-electron chi connectivity index (χ0n) is 10.2. The molecule has 3 nitrogen and oxygen atoms in total. The van der Waals surface area contributed by atoms with Gasteiger partial charge in [0.25, 0.3) is 0 Å². The van der Waals surface area contributed by atoms with E-state index in [0.717, 1.165) is 31.4 Å². The van der Waals surface area contributed by atoms with Crippen LogP contribution in [0.15, 0.2) is 18.2 Å². The fourth-order valence-corrected chi connectivity index (χ4v) is 2.16. The van der Waals surface area contributed by atoms with Crippen LogP contribution in [0.25, 0.3) is 0 Å². The van der Waals surface area contributed by atoms with Crippen LogP contribution in [0.1, 0.15) is 26.2 Å². The van der Waals surface area contributed by atoms with E-state index in [4.69, 9.17) is 0 Å². The minimum atomic E-state index is -0.757. The van der Waals surface area contributed by atoms with Crippen molar-refractivity contribution in [2.45, 2.75) is 38.3 Å². The number of hydrogen-bond donors (Lipinski definition) is 2. The van der Waals surface area contributed by atoms with Gasteiger partial charge in [-0.15, -0.1) is 0 Å². The number of anilines is 1. The molecule has 98 valence electrons. The Morgan fingerprint density at radius 2 is 2.17 bits per heavy atom. The molecule has 2 N–H and O–H groups in total. The lowest BCUT2D eigenvalue weighted by Crippen LogP contribution is -2.47. The third kappa shape index (κ3) is 3.04. The van der Waals surface area contributed by atoms with Crippen molar-refractivity contribution in [3.63, 3.8) is 0 Å². The highest BCUT2D eigenvalue weighted by Gasteiger charge is 2.24. The molecule has 1 aliphatic heterocycles. The molecule has 0 radical (unpaired) electrons. The highest BCUT2D eigenvalue weighted by Crippen LogP contribution is 2.17. The van der Waals surface area contributed by atoms with Gasteiger partial charge < -0.3 is 10.6 Å². The second kappa shape index (κ2) is 5.44. The summed E-state index contributed by atoms with van der Waals surface area (Å²) in [6.45, 7) is 2.01. The molecule has 2 unspecified atom stereocenters. The third-order valence-electron chi connectivity index (χ3n) is 3.12. The van der Waals surface area contributed by atoms with Crippen molar-refractivity contribution in [3.05, 3.63) is 29.8 Å². The smallest absolute Gasteiger partial charge is 0.241 e. The number of piperidine rings is 1. The number of halogens is 2. The van der Waals surface area contributed by atoms with Crippen LogP contribution in [0.4, 0.5) is 14.5 Å². The van der Waals surface area contributed by atoms with Gasteiger partial charge in [-0.05, 0) is 38.3 Å². The van der Waals surface area contributed by atoms with Gasteiger partial charge in [0.05, 0.1) is 11.7 Å². The molecular weight excluding hydrogens is 238 g/mol. The SMILES string of the molecule is CC1CCCC(C(=O)Nc2ccc(F)cc2F)N1. The fraction of sp³-hybridized carbons (Fsp3) is 0.462. The van der Waals surface area contributed by atoms with Crippen molar-refractivity contribution >= 4 is 11.6 Å². The monoisotopic (exact) mass is 254 g/mol. The number of amides is 1. The van der Waals surface area contributed by atoms with Gasteiger partial charge in [-0.2, -0.15) is 0 Å². The first-order chi connectivity index (χ1) is 8.56. The maximum Gasteiger partial charge on any atom is 0.241 e. The predicted molar refractivity (Wildman–Crippen MR) is 65.2 cm³/mol. The molecule has 1 heterocycles. The summed E-state index contributed by atoms with van der Waals surface area (Å²) in [7, 11) is 0. The molecule has 1 saturated heterocycles. The number of carbonyl (C=O) groups excluding carboxylic acids is 1. The zero-order valence-corrected chi connectivity index (χ0v) is 10.2. The Morgan fingerprint density at radius 1 is 1.39 bits per heavy atom. The van der Waals surface area contributed by atoms with Crippen molar-refractivity contribution in [1.82, 2.24) is 5.32 Å². The highest BCUT2D eigenvalue weighted by molar-refractivity contribution is 5.95. The summed E-state index contributed by atoms with van der Waals surface area (Å²) in [5.74, 6) is -1.69. The van der Waals surface area contributed by atoms with E-state index < -0.39 is 11.6 Å². The summed E-state index contributed by atoms with van der Waals surface area (Å²) in [5, 5.41) is 5.64. The van der Waals surface area contributed by atoms with Gasteiger partial charge in [-0.3, -0.25) is 4.79 Å². The standard InChI is InChI=1S/C13H16F2N2O/c1-8-3-2-4-12(16-8)13(18)17-11-6-5-9(14)7-10(11)15/h5-8,12,16H,2-4H2,1H3,(H,17,18).